The Morgan fingerprint density at radius 1 is 0.833 bits per heavy atom. The number of nitrogens with zero attached hydrogens (tertiary/aromatic N) is 2. The number of hydrogen-bond donors (Lipinski definition) is 0. The molecule has 0 saturated heterocycles. The average molecular weight is 346 g/mol. The Balaban J connectivity index is 2.50. The average Bonchev–Trinajstić information content (AvgIpc) is 2.55. The minimum Gasteiger partial charge on any atom is -0.421 e. The number of para-hydroxylation sites is 1. The molecule has 0 atom stereocenters. The van der Waals surface area contributed by atoms with Crippen molar-refractivity contribution in [3.05, 3.63) is 65.7 Å². The van der Waals surface area contributed by atoms with Crippen molar-refractivity contribution in [2.45, 2.75) is 19.3 Å². The number of benzene rings is 2. The largest absolute Gasteiger partial charge is 0.421 e. The summed E-state index contributed by atoms with van der Waals surface area (Å²) in [7, 11) is 3.97. The lowest BCUT2D eigenvalue weighted by molar-refractivity contribution is 0.350. The molecule has 24 heavy (non-hydrogen) atoms. The fraction of sp³-hybridized carbons (Fsp3) is 0.368. The molecule has 0 aromatic heterocycles. The topological polar surface area (TPSA) is 32.8 Å². The van der Waals surface area contributed by atoms with Crippen LogP contribution in [0.3, 0.4) is 0 Å². The van der Waals surface area contributed by atoms with Crippen molar-refractivity contribution in [3.63, 3.8) is 0 Å². The van der Waals surface area contributed by atoms with Crippen molar-refractivity contribution >= 4 is 7.67 Å². The van der Waals surface area contributed by atoms with Gasteiger partial charge in [0.2, 0.25) is 0 Å². The van der Waals surface area contributed by atoms with Crippen LogP contribution in [-0.2, 0) is 9.98 Å². The maximum absolute atomic E-state index is 13.2. The standard InChI is InChI=1S/C19H27N2O2P/c1-19(2,16-12-8-7-9-13-16)17-14-10-11-15-18(17)23-24(22,20(3)4)21(5)6/h7-15H,1-6H3. The van der Waals surface area contributed by atoms with Crippen LogP contribution in [0.15, 0.2) is 54.6 Å². The zero-order valence-corrected chi connectivity index (χ0v) is 16.2. The Morgan fingerprint density at radius 3 is 1.88 bits per heavy atom. The monoisotopic (exact) mass is 346 g/mol. The summed E-state index contributed by atoms with van der Waals surface area (Å²) in [4.78, 5) is 0. The van der Waals surface area contributed by atoms with Crippen LogP contribution in [0.5, 0.6) is 5.75 Å². The minimum absolute atomic E-state index is 0.263. The van der Waals surface area contributed by atoms with E-state index in [9.17, 15) is 4.57 Å². The molecule has 0 spiro atoms. The van der Waals surface area contributed by atoms with Crippen LogP contribution in [0.4, 0.5) is 0 Å². The van der Waals surface area contributed by atoms with Gasteiger partial charge in [-0.15, -0.1) is 0 Å². The van der Waals surface area contributed by atoms with Crippen LogP contribution in [0.25, 0.3) is 0 Å². The lowest BCUT2D eigenvalue weighted by Gasteiger charge is -2.33. The van der Waals surface area contributed by atoms with E-state index in [1.54, 1.807) is 37.5 Å². The van der Waals surface area contributed by atoms with Gasteiger partial charge in [-0.25, -0.2) is 13.9 Å². The predicted octanol–water partition coefficient (Wildman–Crippen LogP) is 4.62. The zero-order chi connectivity index (χ0) is 18.0. The molecular formula is C19H27N2O2P. The SMILES string of the molecule is CN(C)P(=O)(Oc1ccccc1C(C)(C)c1ccccc1)N(C)C. The molecule has 0 saturated carbocycles. The van der Waals surface area contributed by atoms with E-state index in [0.717, 1.165) is 5.56 Å². The van der Waals surface area contributed by atoms with E-state index in [-0.39, 0.29) is 5.41 Å². The van der Waals surface area contributed by atoms with Gasteiger partial charge < -0.3 is 4.52 Å². The van der Waals surface area contributed by atoms with Crippen molar-refractivity contribution in [1.82, 2.24) is 9.34 Å². The van der Waals surface area contributed by atoms with Crippen molar-refractivity contribution in [3.8, 4) is 5.75 Å². The van der Waals surface area contributed by atoms with E-state index in [1.807, 2.05) is 42.5 Å². The summed E-state index contributed by atoms with van der Waals surface area (Å²) in [6.45, 7) is 4.31. The molecule has 0 unspecified atom stereocenters. The zero-order valence-electron chi connectivity index (χ0n) is 15.4. The van der Waals surface area contributed by atoms with Gasteiger partial charge >= 0.3 is 7.67 Å². The Kier molecular flexibility index (Phi) is 5.54. The molecule has 0 radical (unpaired) electrons. The predicted molar refractivity (Wildman–Crippen MR) is 101 cm³/mol. The van der Waals surface area contributed by atoms with E-state index in [2.05, 4.69) is 26.0 Å². The van der Waals surface area contributed by atoms with Crippen molar-refractivity contribution in [2.75, 3.05) is 28.2 Å². The van der Waals surface area contributed by atoms with Gasteiger partial charge in [0.05, 0.1) is 0 Å². The maximum Gasteiger partial charge on any atom is 0.394 e. The molecule has 0 aliphatic rings. The molecule has 5 heteroatoms. The Bertz CT molecular complexity index is 715. The summed E-state index contributed by atoms with van der Waals surface area (Å²) in [5.41, 5.74) is 1.94. The molecular weight excluding hydrogens is 319 g/mol. The van der Waals surface area contributed by atoms with Crippen LogP contribution in [0.1, 0.15) is 25.0 Å². The minimum atomic E-state index is -3.11. The van der Waals surface area contributed by atoms with Crippen LogP contribution >= 0.6 is 7.67 Å². The summed E-state index contributed by atoms with van der Waals surface area (Å²) in [6, 6.07) is 18.1. The van der Waals surface area contributed by atoms with Gasteiger partial charge in [0.1, 0.15) is 5.75 Å². The highest BCUT2D eigenvalue weighted by atomic mass is 31.2. The van der Waals surface area contributed by atoms with Crippen LogP contribution in [0, 0.1) is 0 Å². The van der Waals surface area contributed by atoms with E-state index >= 15 is 0 Å². The Hall–Kier alpha value is -1.61. The highest BCUT2D eigenvalue weighted by Crippen LogP contribution is 2.52. The second kappa shape index (κ2) is 7.10. The normalized spacial score (nSPS) is 12.7. The van der Waals surface area contributed by atoms with Gasteiger partial charge in [-0.05, 0) is 39.8 Å². The summed E-state index contributed by atoms with van der Waals surface area (Å²) in [5, 5.41) is 0. The van der Waals surface area contributed by atoms with Crippen LogP contribution in [0.2, 0.25) is 0 Å². The first-order valence-corrected chi connectivity index (χ1v) is 9.53. The molecule has 0 aliphatic heterocycles. The second-order valence-corrected chi connectivity index (χ2v) is 9.53. The lowest BCUT2D eigenvalue weighted by Crippen LogP contribution is -2.26. The summed E-state index contributed by atoms with van der Waals surface area (Å²) < 4.78 is 22.6. The van der Waals surface area contributed by atoms with Gasteiger partial charge in [-0.2, -0.15) is 0 Å². The Morgan fingerprint density at radius 2 is 1.33 bits per heavy atom. The number of rotatable bonds is 6. The quantitative estimate of drug-likeness (QED) is 0.715. The van der Waals surface area contributed by atoms with Gasteiger partial charge in [-0.3, -0.25) is 0 Å². The van der Waals surface area contributed by atoms with Gasteiger partial charge in [0, 0.05) is 11.0 Å². The van der Waals surface area contributed by atoms with E-state index in [1.165, 1.54) is 5.56 Å². The highest BCUT2D eigenvalue weighted by Gasteiger charge is 2.34. The first kappa shape index (κ1) is 18.7. The molecule has 0 N–H and O–H groups in total. The first-order valence-electron chi connectivity index (χ1n) is 8.00. The third-order valence-corrected chi connectivity index (χ3v) is 6.74. The van der Waals surface area contributed by atoms with Gasteiger partial charge in [0.15, 0.2) is 0 Å². The molecule has 2 aromatic carbocycles. The summed E-state index contributed by atoms with van der Waals surface area (Å²) in [6.07, 6.45) is 0. The molecule has 0 heterocycles. The first-order chi connectivity index (χ1) is 11.2. The fourth-order valence-corrected chi connectivity index (χ4v) is 4.18. The van der Waals surface area contributed by atoms with Gasteiger partial charge in [0.25, 0.3) is 0 Å². The van der Waals surface area contributed by atoms with Gasteiger partial charge in [-0.1, -0.05) is 62.4 Å². The lowest BCUT2D eigenvalue weighted by atomic mass is 9.78. The summed E-state index contributed by atoms with van der Waals surface area (Å²) in [5.74, 6) is 0.650. The smallest absolute Gasteiger partial charge is 0.394 e. The molecule has 0 bridgehead atoms. The number of hydrogen-bond acceptors (Lipinski definition) is 2. The molecule has 0 amide bonds. The molecule has 0 aliphatic carbocycles. The highest BCUT2D eigenvalue weighted by molar-refractivity contribution is 7.54. The van der Waals surface area contributed by atoms with E-state index < -0.39 is 7.67 Å². The fourth-order valence-electron chi connectivity index (χ4n) is 2.72. The Labute approximate surface area is 145 Å². The third-order valence-electron chi connectivity index (χ3n) is 4.28. The molecule has 2 aromatic rings. The molecule has 2 rings (SSSR count). The molecule has 0 fully saturated rings. The van der Waals surface area contributed by atoms with Crippen molar-refractivity contribution in [1.29, 1.82) is 0 Å². The molecule has 130 valence electrons. The van der Waals surface area contributed by atoms with Crippen molar-refractivity contribution in [2.24, 2.45) is 0 Å². The van der Waals surface area contributed by atoms with Crippen molar-refractivity contribution < 1.29 is 9.09 Å². The van der Waals surface area contributed by atoms with E-state index in [4.69, 9.17) is 4.52 Å². The third kappa shape index (κ3) is 3.56. The van der Waals surface area contributed by atoms with Crippen LogP contribution in [-0.4, -0.2) is 37.5 Å². The maximum atomic E-state index is 13.2. The summed E-state index contributed by atoms with van der Waals surface area (Å²) >= 11 is 0. The van der Waals surface area contributed by atoms with E-state index in [0.29, 0.717) is 5.75 Å². The van der Waals surface area contributed by atoms with Crippen LogP contribution < -0.4 is 4.52 Å². The second-order valence-electron chi connectivity index (χ2n) is 6.76. The molecule has 4 nitrogen and oxygen atoms in total.